The molecular weight excluding hydrogens is 334 g/mol. The van der Waals surface area contributed by atoms with Crippen molar-refractivity contribution in [2.45, 2.75) is 18.4 Å². The highest BCUT2D eigenvalue weighted by molar-refractivity contribution is 5.78. The molecule has 0 bridgehead atoms. The van der Waals surface area contributed by atoms with Crippen LogP contribution in [-0.2, 0) is 9.59 Å². The minimum atomic E-state index is -1.05. The molecule has 2 aliphatic rings. The average Bonchev–Trinajstić information content (AvgIpc) is 3.39. The van der Waals surface area contributed by atoms with Crippen molar-refractivity contribution in [1.82, 2.24) is 0 Å². The number of benzene rings is 2. The first kappa shape index (κ1) is 16.6. The van der Waals surface area contributed by atoms with Gasteiger partial charge in [-0.25, -0.2) is 0 Å². The molecule has 1 aliphatic heterocycles. The van der Waals surface area contributed by atoms with Crippen molar-refractivity contribution in [2.24, 2.45) is 23.5 Å². The van der Waals surface area contributed by atoms with Gasteiger partial charge in [0.2, 0.25) is 0 Å². The van der Waals surface area contributed by atoms with E-state index in [4.69, 9.17) is 10.5 Å². The molecule has 4 N–H and O–H groups in total. The molecule has 4 rings (SSSR count). The smallest absolute Gasteiger partial charge is 0.308 e. The van der Waals surface area contributed by atoms with Gasteiger partial charge in [0, 0.05) is 23.1 Å². The monoisotopic (exact) mass is 353 g/mol. The summed E-state index contributed by atoms with van der Waals surface area (Å²) in [7, 11) is 0. The fraction of sp³-hybridized carbons (Fsp3) is 0.300. The second kappa shape index (κ2) is 6.14. The van der Waals surface area contributed by atoms with Crippen LogP contribution in [0.15, 0.2) is 48.5 Å². The van der Waals surface area contributed by atoms with Gasteiger partial charge in [-0.05, 0) is 24.5 Å². The topological polar surface area (TPSA) is 110 Å². The molecule has 6 nitrogen and oxygen atoms in total. The number of hydrogen-bond donors (Lipinski definition) is 3. The van der Waals surface area contributed by atoms with Crippen LogP contribution in [0.1, 0.15) is 23.5 Å². The summed E-state index contributed by atoms with van der Waals surface area (Å²) in [6.07, 6.45) is 0.354. The van der Waals surface area contributed by atoms with Crippen molar-refractivity contribution in [3.05, 3.63) is 59.7 Å². The fourth-order valence-corrected chi connectivity index (χ4v) is 4.10. The molecule has 134 valence electrons. The molecule has 0 aromatic heterocycles. The van der Waals surface area contributed by atoms with Gasteiger partial charge in [-0.3, -0.25) is 9.59 Å². The third-order valence-electron chi connectivity index (χ3n) is 5.43. The summed E-state index contributed by atoms with van der Waals surface area (Å²) in [5, 5.41) is 19.0. The molecule has 2 unspecified atom stereocenters. The molecule has 1 fully saturated rings. The number of hydrogen-bond acceptors (Lipinski definition) is 4. The predicted molar refractivity (Wildman–Crippen MR) is 93.1 cm³/mol. The van der Waals surface area contributed by atoms with Crippen LogP contribution in [0.4, 0.5) is 0 Å². The van der Waals surface area contributed by atoms with Gasteiger partial charge in [0.1, 0.15) is 11.5 Å². The molecule has 26 heavy (non-hydrogen) atoms. The lowest BCUT2D eigenvalue weighted by molar-refractivity contribution is -0.144. The Labute approximate surface area is 150 Å². The molecule has 2 aromatic rings. The van der Waals surface area contributed by atoms with Crippen molar-refractivity contribution in [3.8, 4) is 11.5 Å². The zero-order valence-electron chi connectivity index (χ0n) is 13.9. The van der Waals surface area contributed by atoms with Crippen LogP contribution < -0.4 is 10.5 Å². The van der Waals surface area contributed by atoms with E-state index in [-0.39, 0.29) is 5.92 Å². The summed E-state index contributed by atoms with van der Waals surface area (Å²) in [4.78, 5) is 23.2. The Balaban J connectivity index is 1.76. The number of carbonyl (C=O) groups is 2. The third-order valence-corrected chi connectivity index (χ3v) is 5.43. The first-order valence-electron chi connectivity index (χ1n) is 8.56. The van der Waals surface area contributed by atoms with E-state index in [1.807, 2.05) is 48.5 Å². The SMILES string of the molecule is NC(C1c2ccccc2Oc2ccccc21)C(C(=O)O)[C@H]1C[C@@H]1C(=O)O. The fourth-order valence-electron chi connectivity index (χ4n) is 4.10. The summed E-state index contributed by atoms with van der Waals surface area (Å²) in [5.74, 6) is -3.07. The molecule has 2 aromatic carbocycles. The van der Waals surface area contributed by atoms with E-state index < -0.39 is 35.7 Å². The van der Waals surface area contributed by atoms with E-state index in [0.29, 0.717) is 17.9 Å². The highest BCUT2D eigenvalue weighted by Crippen LogP contribution is 2.51. The molecule has 1 saturated carbocycles. The Morgan fingerprint density at radius 1 is 1.00 bits per heavy atom. The van der Waals surface area contributed by atoms with Gasteiger partial charge in [-0.1, -0.05) is 36.4 Å². The quantitative estimate of drug-likeness (QED) is 0.762. The van der Waals surface area contributed by atoms with E-state index in [1.54, 1.807) is 0 Å². The number of carboxylic acids is 2. The second-order valence-electron chi connectivity index (χ2n) is 6.94. The van der Waals surface area contributed by atoms with Crippen molar-refractivity contribution >= 4 is 11.9 Å². The Kier molecular flexibility index (Phi) is 3.92. The van der Waals surface area contributed by atoms with E-state index >= 15 is 0 Å². The molecule has 0 radical (unpaired) electrons. The molecule has 4 atom stereocenters. The number of fused-ring (bicyclic) bond motifs is 2. The van der Waals surface area contributed by atoms with Crippen LogP contribution in [0.3, 0.4) is 0 Å². The minimum absolute atomic E-state index is 0.354. The minimum Gasteiger partial charge on any atom is -0.481 e. The third kappa shape index (κ3) is 2.63. The largest absolute Gasteiger partial charge is 0.481 e. The summed E-state index contributed by atoms with van der Waals surface area (Å²) in [5.41, 5.74) is 8.16. The van der Waals surface area contributed by atoms with Crippen LogP contribution in [-0.4, -0.2) is 28.2 Å². The van der Waals surface area contributed by atoms with Gasteiger partial charge in [0.15, 0.2) is 0 Å². The highest BCUT2D eigenvalue weighted by Gasteiger charge is 2.54. The normalized spacial score (nSPS) is 23.1. The van der Waals surface area contributed by atoms with Crippen LogP contribution >= 0.6 is 0 Å². The highest BCUT2D eigenvalue weighted by atomic mass is 16.5. The Morgan fingerprint density at radius 3 is 2.00 bits per heavy atom. The van der Waals surface area contributed by atoms with Crippen LogP contribution in [0, 0.1) is 17.8 Å². The molecule has 1 aliphatic carbocycles. The summed E-state index contributed by atoms with van der Waals surface area (Å²) in [6, 6.07) is 14.1. The van der Waals surface area contributed by atoms with E-state index in [1.165, 1.54) is 0 Å². The van der Waals surface area contributed by atoms with E-state index in [2.05, 4.69) is 0 Å². The summed E-state index contributed by atoms with van der Waals surface area (Å²) < 4.78 is 5.94. The first-order valence-corrected chi connectivity index (χ1v) is 8.56. The molecule has 0 spiro atoms. The maximum atomic E-state index is 12.0. The molecule has 0 amide bonds. The van der Waals surface area contributed by atoms with E-state index in [9.17, 15) is 19.8 Å². The number of aliphatic carboxylic acids is 2. The lowest BCUT2D eigenvalue weighted by Gasteiger charge is -2.34. The maximum absolute atomic E-state index is 12.0. The number of nitrogens with two attached hydrogens (primary N) is 1. The molecular formula is C20H19NO5. The summed E-state index contributed by atoms with van der Waals surface area (Å²) >= 11 is 0. The lowest BCUT2D eigenvalue weighted by atomic mass is 9.76. The zero-order valence-corrected chi connectivity index (χ0v) is 13.9. The Bertz CT molecular complexity index is 835. The Hall–Kier alpha value is -2.86. The number of rotatable bonds is 5. The van der Waals surface area contributed by atoms with Crippen molar-refractivity contribution in [3.63, 3.8) is 0 Å². The lowest BCUT2D eigenvalue weighted by Crippen LogP contribution is -2.43. The molecule has 0 saturated heterocycles. The van der Waals surface area contributed by atoms with Crippen molar-refractivity contribution in [1.29, 1.82) is 0 Å². The number of carboxylic acid groups (broad SMARTS) is 2. The number of ether oxygens (including phenoxy) is 1. The standard InChI is InChI=1S/C20H19NO5/c21-18(17(20(24)25)12-9-13(12)19(22)23)16-10-5-1-3-7-14(10)26-15-8-4-2-6-11(15)16/h1-8,12-13,16-18H,9,21H2,(H,22,23)(H,24,25)/t12-,13-,17?,18?/m0/s1. The average molecular weight is 353 g/mol. The van der Waals surface area contributed by atoms with Gasteiger partial charge in [-0.2, -0.15) is 0 Å². The second-order valence-corrected chi connectivity index (χ2v) is 6.94. The number of para-hydroxylation sites is 2. The maximum Gasteiger partial charge on any atom is 0.308 e. The van der Waals surface area contributed by atoms with Crippen molar-refractivity contribution < 1.29 is 24.5 Å². The zero-order chi connectivity index (χ0) is 18.4. The molecule has 6 heteroatoms. The summed E-state index contributed by atoms with van der Waals surface area (Å²) in [6.45, 7) is 0. The van der Waals surface area contributed by atoms with Gasteiger partial charge in [0.25, 0.3) is 0 Å². The van der Waals surface area contributed by atoms with Gasteiger partial charge in [-0.15, -0.1) is 0 Å². The van der Waals surface area contributed by atoms with Gasteiger partial charge in [0.05, 0.1) is 11.8 Å². The first-order chi connectivity index (χ1) is 12.5. The Morgan fingerprint density at radius 2 is 1.54 bits per heavy atom. The van der Waals surface area contributed by atoms with Crippen molar-refractivity contribution in [2.75, 3.05) is 0 Å². The molecule has 1 heterocycles. The van der Waals surface area contributed by atoms with Crippen LogP contribution in [0.25, 0.3) is 0 Å². The van der Waals surface area contributed by atoms with Gasteiger partial charge < -0.3 is 20.7 Å². The van der Waals surface area contributed by atoms with Gasteiger partial charge >= 0.3 is 11.9 Å². The van der Waals surface area contributed by atoms with Crippen LogP contribution in [0.5, 0.6) is 11.5 Å². The predicted octanol–water partition coefficient (Wildman–Crippen LogP) is 2.67. The van der Waals surface area contributed by atoms with Crippen LogP contribution in [0.2, 0.25) is 0 Å². The van der Waals surface area contributed by atoms with E-state index in [0.717, 1.165) is 11.1 Å².